The normalized spacial score (nSPS) is 17.8. The highest BCUT2D eigenvalue weighted by Gasteiger charge is 2.22. The standard InChI is InChI=1S/C13H16N2O5/c16-10(12(17)18)7-15-13(19)14-6-9-5-8-3-1-2-4-11(8)20-9/h1-4,9-10,16H,5-7H2,(H,17,18)(H2,14,15,19)/t9?,10-/m0/s1. The molecule has 2 rings (SSSR count). The summed E-state index contributed by atoms with van der Waals surface area (Å²) in [6.45, 7) is -0.0312. The lowest BCUT2D eigenvalue weighted by Crippen LogP contribution is -2.44. The van der Waals surface area contributed by atoms with Crippen LogP contribution in [0.1, 0.15) is 5.56 Å². The fourth-order valence-electron chi connectivity index (χ4n) is 1.91. The number of amides is 2. The average Bonchev–Trinajstić information content (AvgIpc) is 2.85. The molecule has 0 fully saturated rings. The van der Waals surface area contributed by atoms with Crippen LogP contribution in [-0.4, -0.2) is 47.5 Å². The van der Waals surface area contributed by atoms with Crippen LogP contribution in [-0.2, 0) is 11.2 Å². The van der Waals surface area contributed by atoms with Gasteiger partial charge < -0.3 is 25.6 Å². The van der Waals surface area contributed by atoms with Crippen molar-refractivity contribution >= 4 is 12.0 Å². The van der Waals surface area contributed by atoms with Crippen LogP contribution in [0.25, 0.3) is 0 Å². The van der Waals surface area contributed by atoms with E-state index in [9.17, 15) is 9.59 Å². The number of hydrogen-bond donors (Lipinski definition) is 4. The number of carboxylic acid groups (broad SMARTS) is 1. The van der Waals surface area contributed by atoms with Gasteiger partial charge in [0.05, 0.1) is 13.1 Å². The van der Waals surface area contributed by atoms with Gasteiger partial charge in [-0.3, -0.25) is 0 Å². The number of nitrogens with one attached hydrogen (secondary N) is 2. The molecule has 0 bridgehead atoms. The van der Waals surface area contributed by atoms with E-state index in [4.69, 9.17) is 14.9 Å². The number of aliphatic hydroxyl groups is 1. The molecule has 4 N–H and O–H groups in total. The number of rotatable bonds is 5. The predicted molar refractivity (Wildman–Crippen MR) is 69.6 cm³/mol. The Morgan fingerprint density at radius 3 is 2.80 bits per heavy atom. The van der Waals surface area contributed by atoms with E-state index in [2.05, 4.69) is 10.6 Å². The molecule has 0 saturated carbocycles. The summed E-state index contributed by atoms with van der Waals surface area (Å²) in [6, 6.07) is 7.12. The first-order chi connectivity index (χ1) is 9.56. The number of benzene rings is 1. The highest BCUT2D eigenvalue weighted by atomic mass is 16.5. The number of carbonyl (C=O) groups excluding carboxylic acids is 1. The number of aliphatic hydroxyl groups excluding tert-OH is 1. The van der Waals surface area contributed by atoms with Gasteiger partial charge in [-0.1, -0.05) is 18.2 Å². The SMILES string of the molecule is O=C(NCC1Cc2ccccc2O1)NC[C@H](O)C(=O)O. The van der Waals surface area contributed by atoms with Crippen molar-refractivity contribution in [1.29, 1.82) is 0 Å². The number of urea groups is 1. The first kappa shape index (κ1) is 14.1. The molecule has 1 aliphatic rings. The highest BCUT2D eigenvalue weighted by molar-refractivity contribution is 5.76. The molecule has 108 valence electrons. The molecular weight excluding hydrogens is 264 g/mol. The van der Waals surface area contributed by atoms with E-state index in [0.717, 1.165) is 11.3 Å². The minimum Gasteiger partial charge on any atom is -0.488 e. The minimum absolute atomic E-state index is 0.137. The fourth-order valence-corrected chi connectivity index (χ4v) is 1.91. The number of carboxylic acids is 1. The van der Waals surface area contributed by atoms with E-state index >= 15 is 0 Å². The lowest BCUT2D eigenvalue weighted by molar-refractivity contribution is -0.146. The molecule has 1 aromatic carbocycles. The number of aliphatic carboxylic acids is 1. The maximum absolute atomic E-state index is 11.4. The summed E-state index contributed by atoms with van der Waals surface area (Å²) in [7, 11) is 0. The van der Waals surface area contributed by atoms with E-state index in [1.165, 1.54) is 0 Å². The van der Waals surface area contributed by atoms with E-state index in [1.54, 1.807) is 0 Å². The largest absolute Gasteiger partial charge is 0.488 e. The smallest absolute Gasteiger partial charge is 0.334 e. The van der Waals surface area contributed by atoms with Crippen molar-refractivity contribution in [1.82, 2.24) is 10.6 Å². The quantitative estimate of drug-likeness (QED) is 0.594. The molecule has 0 saturated heterocycles. The number of ether oxygens (including phenoxy) is 1. The van der Waals surface area contributed by atoms with Gasteiger partial charge in [-0.2, -0.15) is 0 Å². The molecular formula is C13H16N2O5. The minimum atomic E-state index is -1.60. The molecule has 2 atom stereocenters. The van der Waals surface area contributed by atoms with Crippen molar-refractivity contribution in [3.8, 4) is 5.75 Å². The van der Waals surface area contributed by atoms with Gasteiger partial charge in [-0.25, -0.2) is 9.59 Å². The Morgan fingerprint density at radius 2 is 2.10 bits per heavy atom. The third kappa shape index (κ3) is 3.61. The van der Waals surface area contributed by atoms with Crippen LogP contribution in [0.2, 0.25) is 0 Å². The van der Waals surface area contributed by atoms with Crippen LogP contribution in [0.4, 0.5) is 4.79 Å². The monoisotopic (exact) mass is 280 g/mol. The Kier molecular flexibility index (Phi) is 4.41. The van der Waals surface area contributed by atoms with Gasteiger partial charge in [0, 0.05) is 6.42 Å². The molecule has 1 unspecified atom stereocenters. The van der Waals surface area contributed by atoms with E-state index in [0.29, 0.717) is 13.0 Å². The van der Waals surface area contributed by atoms with Gasteiger partial charge in [0.2, 0.25) is 0 Å². The lowest BCUT2D eigenvalue weighted by Gasteiger charge is -2.13. The van der Waals surface area contributed by atoms with Gasteiger partial charge in [-0.15, -0.1) is 0 Å². The Balaban J connectivity index is 1.69. The maximum atomic E-state index is 11.4. The summed E-state index contributed by atoms with van der Waals surface area (Å²) < 4.78 is 5.64. The van der Waals surface area contributed by atoms with Gasteiger partial charge >= 0.3 is 12.0 Å². The summed E-state index contributed by atoms with van der Waals surface area (Å²) >= 11 is 0. The Hall–Kier alpha value is -2.28. The van der Waals surface area contributed by atoms with Crippen molar-refractivity contribution in [2.24, 2.45) is 0 Å². The van der Waals surface area contributed by atoms with Gasteiger partial charge in [0.15, 0.2) is 6.10 Å². The first-order valence-electron chi connectivity index (χ1n) is 6.23. The van der Waals surface area contributed by atoms with Crippen molar-refractivity contribution in [2.75, 3.05) is 13.1 Å². The number of para-hydroxylation sites is 1. The van der Waals surface area contributed by atoms with E-state index in [1.807, 2.05) is 24.3 Å². The Morgan fingerprint density at radius 1 is 1.35 bits per heavy atom. The summed E-state index contributed by atoms with van der Waals surface area (Å²) in [6.07, 6.45) is -1.02. The van der Waals surface area contributed by atoms with Crippen molar-refractivity contribution in [3.63, 3.8) is 0 Å². The van der Waals surface area contributed by atoms with E-state index < -0.39 is 18.1 Å². The van der Waals surface area contributed by atoms with Gasteiger partial charge in [0.25, 0.3) is 0 Å². The topological polar surface area (TPSA) is 108 Å². The molecule has 0 spiro atoms. The molecule has 0 radical (unpaired) electrons. The zero-order chi connectivity index (χ0) is 14.5. The molecule has 7 heteroatoms. The predicted octanol–water partition coefficient (Wildman–Crippen LogP) is -0.265. The molecule has 20 heavy (non-hydrogen) atoms. The van der Waals surface area contributed by atoms with Crippen LogP contribution >= 0.6 is 0 Å². The zero-order valence-electron chi connectivity index (χ0n) is 10.7. The highest BCUT2D eigenvalue weighted by Crippen LogP contribution is 2.27. The second-order valence-electron chi connectivity index (χ2n) is 4.50. The summed E-state index contributed by atoms with van der Waals surface area (Å²) in [5.41, 5.74) is 1.10. The third-order valence-corrected chi connectivity index (χ3v) is 2.95. The van der Waals surface area contributed by atoms with Gasteiger partial charge in [-0.05, 0) is 11.6 Å². The molecule has 2 amide bonds. The van der Waals surface area contributed by atoms with Crippen LogP contribution in [0, 0.1) is 0 Å². The van der Waals surface area contributed by atoms with Crippen molar-refractivity contribution in [3.05, 3.63) is 29.8 Å². The van der Waals surface area contributed by atoms with Crippen LogP contribution in [0.3, 0.4) is 0 Å². The summed E-state index contributed by atoms with van der Waals surface area (Å²) in [5.74, 6) is -0.555. The summed E-state index contributed by atoms with van der Waals surface area (Å²) in [5, 5.41) is 22.3. The molecule has 1 aromatic rings. The van der Waals surface area contributed by atoms with E-state index in [-0.39, 0.29) is 12.6 Å². The Labute approximate surface area is 115 Å². The average molecular weight is 280 g/mol. The fraction of sp³-hybridized carbons (Fsp3) is 0.385. The Bertz CT molecular complexity index is 480. The maximum Gasteiger partial charge on any atom is 0.334 e. The van der Waals surface area contributed by atoms with Gasteiger partial charge in [0.1, 0.15) is 11.9 Å². The van der Waals surface area contributed by atoms with Crippen molar-refractivity contribution in [2.45, 2.75) is 18.6 Å². The third-order valence-electron chi connectivity index (χ3n) is 2.95. The van der Waals surface area contributed by atoms with Crippen LogP contribution < -0.4 is 15.4 Å². The molecule has 0 aromatic heterocycles. The molecule has 0 aliphatic carbocycles. The summed E-state index contributed by atoms with van der Waals surface area (Å²) in [4.78, 5) is 21.8. The van der Waals surface area contributed by atoms with Crippen LogP contribution in [0.5, 0.6) is 5.75 Å². The lowest BCUT2D eigenvalue weighted by atomic mass is 10.1. The second-order valence-corrected chi connectivity index (χ2v) is 4.50. The van der Waals surface area contributed by atoms with Crippen molar-refractivity contribution < 1.29 is 24.5 Å². The van der Waals surface area contributed by atoms with Crippen LogP contribution in [0.15, 0.2) is 24.3 Å². The molecule has 1 aliphatic heterocycles. The number of hydrogen-bond acceptors (Lipinski definition) is 4. The first-order valence-corrected chi connectivity index (χ1v) is 6.23. The zero-order valence-corrected chi connectivity index (χ0v) is 10.7. The second kappa shape index (κ2) is 6.25. The number of carbonyl (C=O) groups is 2. The molecule has 1 heterocycles. The molecule has 7 nitrogen and oxygen atoms in total. The number of fused-ring (bicyclic) bond motifs is 1.